The van der Waals surface area contributed by atoms with Gasteiger partial charge in [-0.25, -0.2) is 9.18 Å². The number of halogens is 1. The second kappa shape index (κ2) is 8.47. The molecule has 2 aromatic carbocycles. The smallest absolute Gasteiger partial charge is 0.360 e. The number of aromatic nitrogens is 2. The monoisotopic (exact) mass is 395 g/mol. The SMILES string of the molecule is CCOC(=O)c1nn(-c2ccccc2C)c(=O)cc1NC(=O)c1cccc(F)c1. The van der Waals surface area contributed by atoms with E-state index in [1.807, 2.05) is 6.07 Å². The number of rotatable bonds is 5. The van der Waals surface area contributed by atoms with E-state index in [0.717, 1.165) is 22.4 Å². The molecule has 3 aromatic rings. The molecule has 0 radical (unpaired) electrons. The minimum absolute atomic E-state index is 0.0305. The van der Waals surface area contributed by atoms with Crippen molar-refractivity contribution in [2.75, 3.05) is 11.9 Å². The van der Waals surface area contributed by atoms with E-state index in [0.29, 0.717) is 5.69 Å². The number of nitrogens with one attached hydrogen (secondary N) is 1. The van der Waals surface area contributed by atoms with E-state index in [4.69, 9.17) is 4.74 Å². The topological polar surface area (TPSA) is 90.3 Å². The second-order valence-corrected chi connectivity index (χ2v) is 6.13. The summed E-state index contributed by atoms with van der Waals surface area (Å²) in [6.45, 7) is 3.51. The molecule has 1 aromatic heterocycles. The summed E-state index contributed by atoms with van der Waals surface area (Å²) in [5.74, 6) is -2.08. The number of nitrogens with zero attached hydrogens (tertiary/aromatic N) is 2. The van der Waals surface area contributed by atoms with Gasteiger partial charge in [0.05, 0.1) is 18.0 Å². The Morgan fingerprint density at radius 1 is 1.14 bits per heavy atom. The van der Waals surface area contributed by atoms with Gasteiger partial charge in [-0.15, -0.1) is 0 Å². The van der Waals surface area contributed by atoms with E-state index < -0.39 is 23.3 Å². The van der Waals surface area contributed by atoms with Crippen LogP contribution < -0.4 is 10.9 Å². The third-order valence-corrected chi connectivity index (χ3v) is 4.08. The van der Waals surface area contributed by atoms with Crippen LogP contribution in [0.15, 0.2) is 59.4 Å². The quantitative estimate of drug-likeness (QED) is 0.671. The van der Waals surface area contributed by atoms with Crippen molar-refractivity contribution < 1.29 is 18.7 Å². The number of benzene rings is 2. The third kappa shape index (κ3) is 4.37. The zero-order chi connectivity index (χ0) is 21.0. The van der Waals surface area contributed by atoms with Crippen LogP contribution in [0.2, 0.25) is 0 Å². The number of carbonyl (C=O) groups is 2. The minimum atomic E-state index is -0.802. The first-order valence-corrected chi connectivity index (χ1v) is 8.85. The summed E-state index contributed by atoms with van der Waals surface area (Å²) >= 11 is 0. The van der Waals surface area contributed by atoms with E-state index in [1.165, 1.54) is 18.2 Å². The van der Waals surface area contributed by atoms with Crippen molar-refractivity contribution >= 4 is 17.6 Å². The predicted octanol–water partition coefficient (Wildman–Crippen LogP) is 3.11. The molecule has 0 spiro atoms. The number of para-hydroxylation sites is 1. The first kappa shape index (κ1) is 19.9. The highest BCUT2D eigenvalue weighted by Crippen LogP contribution is 2.17. The van der Waals surface area contributed by atoms with Crippen LogP contribution in [-0.2, 0) is 4.74 Å². The molecular formula is C21H18FN3O4. The maximum Gasteiger partial charge on any atom is 0.360 e. The molecule has 0 atom stereocenters. The zero-order valence-electron chi connectivity index (χ0n) is 15.8. The summed E-state index contributed by atoms with van der Waals surface area (Å²) in [6.07, 6.45) is 0. The van der Waals surface area contributed by atoms with Crippen LogP contribution >= 0.6 is 0 Å². The van der Waals surface area contributed by atoms with Crippen LogP contribution in [0.1, 0.15) is 33.3 Å². The maximum absolute atomic E-state index is 13.4. The molecule has 0 saturated heterocycles. The standard InChI is InChI=1S/C21H18FN3O4/c1-3-29-21(28)19-16(23-20(27)14-8-6-9-15(22)11-14)12-18(26)25(24-19)17-10-5-4-7-13(17)2/h4-12H,3H2,1-2H3,(H,23,27). The van der Waals surface area contributed by atoms with Crippen molar-refractivity contribution in [3.05, 3.63) is 87.6 Å². The molecule has 148 valence electrons. The van der Waals surface area contributed by atoms with Gasteiger partial charge in [-0.3, -0.25) is 9.59 Å². The summed E-state index contributed by atoms with van der Waals surface area (Å²) in [5, 5.41) is 6.57. The van der Waals surface area contributed by atoms with Crippen LogP contribution in [-0.4, -0.2) is 28.3 Å². The van der Waals surface area contributed by atoms with Crippen LogP contribution in [0.3, 0.4) is 0 Å². The second-order valence-electron chi connectivity index (χ2n) is 6.13. The number of amides is 1. The Morgan fingerprint density at radius 2 is 1.90 bits per heavy atom. The zero-order valence-corrected chi connectivity index (χ0v) is 15.8. The number of carbonyl (C=O) groups excluding carboxylic acids is 2. The van der Waals surface area contributed by atoms with Crippen molar-refractivity contribution in [1.82, 2.24) is 9.78 Å². The number of hydrogen-bond acceptors (Lipinski definition) is 5. The summed E-state index contributed by atoms with van der Waals surface area (Å²) in [6, 6.07) is 13.1. The van der Waals surface area contributed by atoms with Crippen LogP contribution in [0, 0.1) is 12.7 Å². The Hall–Kier alpha value is -3.81. The summed E-state index contributed by atoms with van der Waals surface area (Å²) < 4.78 is 19.5. The first-order chi connectivity index (χ1) is 13.9. The molecule has 3 rings (SSSR count). The molecule has 0 saturated carbocycles. The largest absolute Gasteiger partial charge is 0.461 e. The molecular weight excluding hydrogens is 377 g/mol. The fraction of sp³-hybridized carbons (Fsp3) is 0.143. The van der Waals surface area contributed by atoms with Crippen molar-refractivity contribution in [2.45, 2.75) is 13.8 Å². The van der Waals surface area contributed by atoms with Crippen molar-refractivity contribution in [3.8, 4) is 5.69 Å². The molecule has 0 aliphatic rings. The summed E-state index contributed by atoms with van der Waals surface area (Å²) in [7, 11) is 0. The Morgan fingerprint density at radius 3 is 2.59 bits per heavy atom. The lowest BCUT2D eigenvalue weighted by atomic mass is 10.2. The van der Waals surface area contributed by atoms with Gasteiger partial charge >= 0.3 is 5.97 Å². The van der Waals surface area contributed by atoms with Crippen molar-refractivity contribution in [1.29, 1.82) is 0 Å². The Kier molecular flexibility index (Phi) is 5.82. The summed E-state index contributed by atoms with van der Waals surface area (Å²) in [5.41, 5.74) is 0.385. The molecule has 0 bridgehead atoms. The molecule has 0 fully saturated rings. The average molecular weight is 395 g/mol. The Labute approximate surface area is 165 Å². The number of anilines is 1. The molecule has 0 aliphatic carbocycles. The fourth-order valence-corrected chi connectivity index (χ4v) is 2.70. The molecule has 1 heterocycles. The third-order valence-electron chi connectivity index (χ3n) is 4.08. The highest BCUT2D eigenvalue weighted by Gasteiger charge is 2.21. The number of hydrogen-bond donors (Lipinski definition) is 1. The van der Waals surface area contributed by atoms with Gasteiger partial charge in [-0.1, -0.05) is 24.3 Å². The van der Waals surface area contributed by atoms with Crippen molar-refractivity contribution in [3.63, 3.8) is 0 Å². The van der Waals surface area contributed by atoms with E-state index in [9.17, 15) is 18.8 Å². The Bertz CT molecular complexity index is 1140. The lowest BCUT2D eigenvalue weighted by Crippen LogP contribution is -2.27. The van der Waals surface area contributed by atoms with E-state index in [-0.39, 0.29) is 23.6 Å². The van der Waals surface area contributed by atoms with Gasteiger partial charge in [0.2, 0.25) is 0 Å². The highest BCUT2D eigenvalue weighted by atomic mass is 19.1. The maximum atomic E-state index is 13.4. The lowest BCUT2D eigenvalue weighted by Gasteiger charge is -2.13. The number of ether oxygens (including phenoxy) is 1. The van der Waals surface area contributed by atoms with Crippen LogP contribution in [0.4, 0.5) is 10.1 Å². The average Bonchev–Trinajstić information content (AvgIpc) is 2.69. The van der Waals surface area contributed by atoms with Gasteiger partial charge < -0.3 is 10.1 Å². The number of esters is 1. The van der Waals surface area contributed by atoms with Gasteiger partial charge in [-0.05, 0) is 43.7 Å². The van der Waals surface area contributed by atoms with Gasteiger partial charge in [0.1, 0.15) is 5.82 Å². The molecule has 0 aliphatic heterocycles. The minimum Gasteiger partial charge on any atom is -0.461 e. The van der Waals surface area contributed by atoms with Gasteiger partial charge in [-0.2, -0.15) is 9.78 Å². The molecule has 29 heavy (non-hydrogen) atoms. The summed E-state index contributed by atoms with van der Waals surface area (Å²) in [4.78, 5) is 37.5. The first-order valence-electron chi connectivity index (χ1n) is 8.85. The van der Waals surface area contributed by atoms with Crippen molar-refractivity contribution in [2.24, 2.45) is 0 Å². The highest BCUT2D eigenvalue weighted by molar-refractivity contribution is 6.07. The fourth-order valence-electron chi connectivity index (χ4n) is 2.70. The van der Waals surface area contributed by atoms with Gasteiger partial charge in [0, 0.05) is 11.6 Å². The molecule has 0 unspecified atom stereocenters. The predicted molar refractivity (Wildman–Crippen MR) is 105 cm³/mol. The van der Waals surface area contributed by atoms with Gasteiger partial charge in [0.25, 0.3) is 11.5 Å². The van der Waals surface area contributed by atoms with Crippen LogP contribution in [0.5, 0.6) is 0 Å². The van der Waals surface area contributed by atoms with Gasteiger partial charge in [0.15, 0.2) is 5.69 Å². The Balaban J connectivity index is 2.08. The van der Waals surface area contributed by atoms with E-state index in [2.05, 4.69) is 10.4 Å². The molecule has 7 nitrogen and oxygen atoms in total. The van der Waals surface area contributed by atoms with E-state index in [1.54, 1.807) is 32.0 Å². The molecule has 8 heteroatoms. The lowest BCUT2D eigenvalue weighted by molar-refractivity contribution is 0.0518. The molecule has 1 N–H and O–H groups in total. The number of aryl methyl sites for hydroxylation is 1. The van der Waals surface area contributed by atoms with E-state index >= 15 is 0 Å². The van der Waals surface area contributed by atoms with Crippen LogP contribution in [0.25, 0.3) is 5.69 Å². The normalized spacial score (nSPS) is 10.4. The molecule has 1 amide bonds.